The molecule has 2 aromatic carbocycles. The highest BCUT2D eigenvalue weighted by molar-refractivity contribution is 5.52. The summed E-state index contributed by atoms with van der Waals surface area (Å²) >= 11 is 0. The molecule has 0 bridgehead atoms. The van der Waals surface area contributed by atoms with Gasteiger partial charge in [-0.2, -0.15) is 0 Å². The Balaban J connectivity index is 2.32. The monoisotopic (exact) mass is 274 g/mol. The number of benzene rings is 2. The van der Waals surface area contributed by atoms with E-state index in [1.807, 2.05) is 0 Å². The van der Waals surface area contributed by atoms with Crippen LogP contribution in [0.25, 0.3) is 0 Å². The van der Waals surface area contributed by atoms with Crippen LogP contribution in [0.15, 0.2) is 42.5 Å². The van der Waals surface area contributed by atoms with Crippen LogP contribution in [0.5, 0.6) is 17.2 Å². The van der Waals surface area contributed by atoms with Crippen LogP contribution in [0.1, 0.15) is 5.56 Å². The van der Waals surface area contributed by atoms with Crippen LogP contribution in [0.2, 0.25) is 0 Å². The molecule has 0 atom stereocenters. The molecule has 0 aliphatic heterocycles. The lowest BCUT2D eigenvalue weighted by Crippen LogP contribution is -1.96. The van der Waals surface area contributed by atoms with E-state index in [0.29, 0.717) is 18.0 Å². The fourth-order valence-corrected chi connectivity index (χ4v) is 1.67. The van der Waals surface area contributed by atoms with Gasteiger partial charge in [0, 0.05) is 18.7 Å². The summed E-state index contributed by atoms with van der Waals surface area (Å²) in [7, 11) is 1.49. The number of ether oxygens (including phenoxy) is 2. The van der Waals surface area contributed by atoms with Crippen LogP contribution in [0.3, 0.4) is 0 Å². The van der Waals surface area contributed by atoms with E-state index in [9.17, 15) is 10.1 Å². The number of nitrogens with zero attached hydrogens (tertiary/aromatic N) is 1. The standard InChI is InChI=1S/C14H14N2O4/c1-19-12-6-7-13(16(17)18)14(8-12)20-11-4-2-10(9-15)3-5-11/h2-8H,9,15H2,1H3. The van der Waals surface area contributed by atoms with Crippen LogP contribution in [0, 0.1) is 10.1 Å². The second-order valence-corrected chi connectivity index (χ2v) is 4.04. The first-order valence-electron chi connectivity index (χ1n) is 5.93. The normalized spacial score (nSPS) is 10.1. The molecule has 0 amide bonds. The van der Waals surface area contributed by atoms with Crippen molar-refractivity contribution in [3.8, 4) is 17.2 Å². The summed E-state index contributed by atoms with van der Waals surface area (Å²) in [6, 6.07) is 11.4. The van der Waals surface area contributed by atoms with Gasteiger partial charge in [0.05, 0.1) is 12.0 Å². The third-order valence-electron chi connectivity index (χ3n) is 2.75. The average molecular weight is 274 g/mol. The molecule has 6 nitrogen and oxygen atoms in total. The zero-order valence-electron chi connectivity index (χ0n) is 10.9. The van der Waals surface area contributed by atoms with Gasteiger partial charge in [-0.05, 0) is 23.8 Å². The Bertz CT molecular complexity index is 611. The van der Waals surface area contributed by atoms with Crippen molar-refractivity contribution in [2.24, 2.45) is 5.73 Å². The molecular formula is C14H14N2O4. The molecule has 0 aliphatic carbocycles. The summed E-state index contributed by atoms with van der Waals surface area (Å²) in [5.41, 5.74) is 6.35. The van der Waals surface area contributed by atoms with Crippen LogP contribution in [-0.4, -0.2) is 12.0 Å². The molecule has 2 rings (SSSR count). The maximum absolute atomic E-state index is 11.0. The van der Waals surface area contributed by atoms with Gasteiger partial charge in [-0.3, -0.25) is 10.1 Å². The first-order chi connectivity index (χ1) is 9.63. The molecule has 0 heterocycles. The highest BCUT2D eigenvalue weighted by Gasteiger charge is 2.16. The molecule has 2 N–H and O–H groups in total. The van der Waals surface area contributed by atoms with E-state index in [1.165, 1.54) is 25.3 Å². The number of nitro benzene ring substituents is 1. The fourth-order valence-electron chi connectivity index (χ4n) is 1.67. The van der Waals surface area contributed by atoms with Crippen molar-refractivity contribution < 1.29 is 14.4 Å². The first kappa shape index (κ1) is 13.8. The number of hydrogen-bond acceptors (Lipinski definition) is 5. The van der Waals surface area contributed by atoms with E-state index < -0.39 is 4.92 Å². The number of hydrogen-bond donors (Lipinski definition) is 1. The van der Waals surface area contributed by atoms with Crippen molar-refractivity contribution >= 4 is 5.69 Å². The molecule has 0 aromatic heterocycles. The predicted molar refractivity (Wildman–Crippen MR) is 74.1 cm³/mol. The number of methoxy groups -OCH3 is 1. The molecule has 0 aliphatic rings. The lowest BCUT2D eigenvalue weighted by Gasteiger charge is -2.08. The van der Waals surface area contributed by atoms with Gasteiger partial charge >= 0.3 is 5.69 Å². The molecule has 6 heteroatoms. The van der Waals surface area contributed by atoms with Gasteiger partial charge in [-0.15, -0.1) is 0 Å². The molecule has 0 unspecified atom stereocenters. The van der Waals surface area contributed by atoms with Gasteiger partial charge in [0.15, 0.2) is 0 Å². The minimum absolute atomic E-state index is 0.117. The third-order valence-corrected chi connectivity index (χ3v) is 2.75. The molecule has 0 saturated heterocycles. The summed E-state index contributed by atoms with van der Waals surface area (Å²) in [5, 5.41) is 11.0. The summed E-state index contributed by atoms with van der Waals surface area (Å²) in [5.74, 6) is 1.12. The van der Waals surface area contributed by atoms with Crippen molar-refractivity contribution in [2.45, 2.75) is 6.54 Å². The Morgan fingerprint density at radius 1 is 1.15 bits per heavy atom. The van der Waals surface area contributed by atoms with Crippen molar-refractivity contribution in [2.75, 3.05) is 7.11 Å². The van der Waals surface area contributed by atoms with E-state index in [-0.39, 0.29) is 11.4 Å². The van der Waals surface area contributed by atoms with Crippen LogP contribution < -0.4 is 15.2 Å². The maximum Gasteiger partial charge on any atom is 0.311 e. The average Bonchev–Trinajstić information content (AvgIpc) is 2.47. The Kier molecular flexibility index (Phi) is 4.17. The highest BCUT2D eigenvalue weighted by atomic mass is 16.6. The van der Waals surface area contributed by atoms with Gasteiger partial charge in [0.2, 0.25) is 5.75 Å². The second kappa shape index (κ2) is 6.03. The quantitative estimate of drug-likeness (QED) is 0.669. The number of nitrogens with two attached hydrogens (primary N) is 1. The number of rotatable bonds is 5. The summed E-state index contributed by atoms with van der Waals surface area (Å²) < 4.78 is 10.6. The minimum Gasteiger partial charge on any atom is -0.497 e. The van der Waals surface area contributed by atoms with Crippen LogP contribution >= 0.6 is 0 Å². The number of nitro groups is 1. The first-order valence-corrected chi connectivity index (χ1v) is 5.93. The summed E-state index contributed by atoms with van der Waals surface area (Å²) in [6.45, 7) is 0.430. The summed E-state index contributed by atoms with van der Waals surface area (Å²) in [4.78, 5) is 10.5. The smallest absolute Gasteiger partial charge is 0.311 e. The SMILES string of the molecule is COc1ccc([N+](=O)[O-])c(Oc2ccc(CN)cc2)c1. The topological polar surface area (TPSA) is 87.6 Å². The molecule has 0 saturated carbocycles. The molecule has 0 radical (unpaired) electrons. The summed E-state index contributed by atoms with van der Waals surface area (Å²) in [6.07, 6.45) is 0. The zero-order chi connectivity index (χ0) is 14.5. The Labute approximate surface area is 115 Å². The lowest BCUT2D eigenvalue weighted by molar-refractivity contribution is -0.385. The van der Waals surface area contributed by atoms with Gasteiger partial charge in [0.1, 0.15) is 11.5 Å². The zero-order valence-corrected chi connectivity index (χ0v) is 10.9. The van der Waals surface area contributed by atoms with Crippen molar-refractivity contribution in [3.63, 3.8) is 0 Å². The van der Waals surface area contributed by atoms with Crippen molar-refractivity contribution in [1.29, 1.82) is 0 Å². The van der Waals surface area contributed by atoms with Gasteiger partial charge in [-0.1, -0.05) is 12.1 Å². The van der Waals surface area contributed by atoms with Gasteiger partial charge < -0.3 is 15.2 Å². The molecular weight excluding hydrogens is 260 g/mol. The van der Waals surface area contributed by atoms with Crippen LogP contribution in [-0.2, 0) is 6.54 Å². The van der Waals surface area contributed by atoms with Gasteiger partial charge in [-0.25, -0.2) is 0 Å². The lowest BCUT2D eigenvalue weighted by atomic mass is 10.2. The molecule has 20 heavy (non-hydrogen) atoms. The van der Waals surface area contributed by atoms with E-state index in [4.69, 9.17) is 15.2 Å². The van der Waals surface area contributed by atoms with E-state index in [1.54, 1.807) is 24.3 Å². The maximum atomic E-state index is 11.0. The molecule has 2 aromatic rings. The second-order valence-electron chi connectivity index (χ2n) is 4.04. The van der Waals surface area contributed by atoms with Crippen LogP contribution in [0.4, 0.5) is 5.69 Å². The Morgan fingerprint density at radius 3 is 2.35 bits per heavy atom. The van der Waals surface area contributed by atoms with Crippen molar-refractivity contribution in [3.05, 3.63) is 58.1 Å². The predicted octanol–water partition coefficient (Wildman–Crippen LogP) is 2.85. The fraction of sp³-hybridized carbons (Fsp3) is 0.143. The Morgan fingerprint density at radius 2 is 1.80 bits per heavy atom. The minimum atomic E-state index is -0.497. The molecule has 104 valence electrons. The third kappa shape index (κ3) is 3.04. The Hall–Kier alpha value is -2.60. The van der Waals surface area contributed by atoms with E-state index in [2.05, 4.69) is 0 Å². The van der Waals surface area contributed by atoms with Gasteiger partial charge in [0.25, 0.3) is 0 Å². The van der Waals surface area contributed by atoms with E-state index in [0.717, 1.165) is 5.56 Å². The van der Waals surface area contributed by atoms with Crippen molar-refractivity contribution in [1.82, 2.24) is 0 Å². The molecule has 0 spiro atoms. The molecule has 0 fully saturated rings. The highest BCUT2D eigenvalue weighted by Crippen LogP contribution is 2.34. The van der Waals surface area contributed by atoms with E-state index >= 15 is 0 Å². The largest absolute Gasteiger partial charge is 0.497 e.